The highest BCUT2D eigenvalue weighted by Crippen LogP contribution is 2.27. The molecule has 178 valence electrons. The minimum atomic E-state index is -3.70. The van der Waals surface area contributed by atoms with E-state index in [1.54, 1.807) is 43.3 Å². The van der Waals surface area contributed by atoms with Gasteiger partial charge in [-0.05, 0) is 49.2 Å². The van der Waals surface area contributed by atoms with Crippen molar-refractivity contribution in [3.63, 3.8) is 0 Å². The summed E-state index contributed by atoms with van der Waals surface area (Å²) in [6, 6.07) is 12.8. The number of hydrogen-bond donors (Lipinski definition) is 1. The van der Waals surface area contributed by atoms with Crippen LogP contribution in [0.3, 0.4) is 0 Å². The van der Waals surface area contributed by atoms with E-state index in [2.05, 4.69) is 5.32 Å². The van der Waals surface area contributed by atoms with Gasteiger partial charge in [0, 0.05) is 19.6 Å². The number of carbonyl (C=O) groups excluding carboxylic acids is 2. The summed E-state index contributed by atoms with van der Waals surface area (Å²) in [7, 11) is -3.70. The molecule has 0 bridgehead atoms. The van der Waals surface area contributed by atoms with Crippen LogP contribution < -0.4 is 10.1 Å². The molecule has 1 heterocycles. The fraction of sp³-hybridized carbons (Fsp3) is 0.391. The number of nitrogens with one attached hydrogen (secondary N) is 1. The van der Waals surface area contributed by atoms with Gasteiger partial charge >= 0.3 is 0 Å². The van der Waals surface area contributed by atoms with E-state index in [9.17, 15) is 22.4 Å². The number of ether oxygens (including phenoxy) is 1. The van der Waals surface area contributed by atoms with E-state index in [1.165, 1.54) is 17.0 Å². The van der Waals surface area contributed by atoms with Gasteiger partial charge in [-0.1, -0.05) is 24.3 Å². The normalized spacial score (nSPS) is 19.4. The third-order valence-electron chi connectivity index (χ3n) is 5.59. The predicted octanol–water partition coefficient (Wildman–Crippen LogP) is 1.90. The molecular formula is C23H28FN3O5S. The van der Waals surface area contributed by atoms with Gasteiger partial charge in [0.1, 0.15) is 17.1 Å². The lowest BCUT2D eigenvalue weighted by Gasteiger charge is -2.46. The zero-order valence-corrected chi connectivity index (χ0v) is 19.7. The van der Waals surface area contributed by atoms with Crippen LogP contribution in [0.2, 0.25) is 0 Å². The van der Waals surface area contributed by atoms with Crippen molar-refractivity contribution in [3.05, 3.63) is 65.5 Å². The van der Waals surface area contributed by atoms with Crippen LogP contribution in [0.25, 0.3) is 0 Å². The molecule has 0 aliphatic carbocycles. The lowest BCUT2D eigenvalue weighted by atomic mass is 9.94. The molecule has 0 saturated carbocycles. The van der Waals surface area contributed by atoms with Crippen LogP contribution in [0.5, 0.6) is 5.75 Å². The Hall–Kier alpha value is -2.98. The molecule has 0 radical (unpaired) electrons. The van der Waals surface area contributed by atoms with Gasteiger partial charge in [-0.25, -0.2) is 12.8 Å². The van der Waals surface area contributed by atoms with Crippen molar-refractivity contribution in [3.8, 4) is 5.75 Å². The highest BCUT2D eigenvalue weighted by molar-refractivity contribution is 7.88. The first-order valence-corrected chi connectivity index (χ1v) is 12.4. The molecule has 1 aliphatic rings. The van der Waals surface area contributed by atoms with Gasteiger partial charge in [0.25, 0.3) is 0 Å². The van der Waals surface area contributed by atoms with Gasteiger partial charge in [0.15, 0.2) is 0 Å². The van der Waals surface area contributed by atoms with Gasteiger partial charge in [-0.15, -0.1) is 0 Å². The molecule has 2 amide bonds. The van der Waals surface area contributed by atoms with Crippen LogP contribution in [0.1, 0.15) is 25.0 Å². The fourth-order valence-electron chi connectivity index (χ4n) is 3.70. The highest BCUT2D eigenvalue weighted by atomic mass is 32.2. The zero-order chi connectivity index (χ0) is 24.2. The molecule has 0 aromatic heterocycles. The molecule has 1 saturated heterocycles. The average molecular weight is 478 g/mol. The topological polar surface area (TPSA) is 96.0 Å². The number of piperazine rings is 1. The Kier molecular flexibility index (Phi) is 7.38. The third-order valence-corrected chi connectivity index (χ3v) is 6.79. The smallest absolute Gasteiger partial charge is 0.247 e. The Bertz CT molecular complexity index is 1110. The van der Waals surface area contributed by atoms with Crippen molar-refractivity contribution in [1.29, 1.82) is 0 Å². The van der Waals surface area contributed by atoms with E-state index in [-0.39, 0.29) is 32.0 Å². The number of nitrogens with zero attached hydrogens (tertiary/aromatic N) is 2. The van der Waals surface area contributed by atoms with Crippen molar-refractivity contribution in [2.24, 2.45) is 0 Å². The van der Waals surface area contributed by atoms with Crippen molar-refractivity contribution in [2.75, 3.05) is 26.0 Å². The maximum atomic E-state index is 13.3. The summed E-state index contributed by atoms with van der Waals surface area (Å²) in [5.41, 5.74) is 0.00232. The second-order valence-electron chi connectivity index (χ2n) is 8.17. The fourth-order valence-corrected chi connectivity index (χ4v) is 4.53. The van der Waals surface area contributed by atoms with Crippen molar-refractivity contribution < 1.29 is 27.1 Å². The molecule has 2 aromatic carbocycles. The lowest BCUT2D eigenvalue weighted by Crippen LogP contribution is -2.69. The molecule has 1 unspecified atom stereocenters. The number of carbonyl (C=O) groups is 2. The summed E-state index contributed by atoms with van der Waals surface area (Å²) in [6.45, 7) is 3.68. The highest BCUT2D eigenvalue weighted by Gasteiger charge is 2.49. The van der Waals surface area contributed by atoms with E-state index in [0.717, 1.165) is 16.1 Å². The van der Waals surface area contributed by atoms with Gasteiger partial charge in [-0.2, -0.15) is 4.31 Å². The molecule has 33 heavy (non-hydrogen) atoms. The molecule has 1 fully saturated rings. The Morgan fingerprint density at radius 3 is 2.30 bits per heavy atom. The van der Waals surface area contributed by atoms with Crippen LogP contribution in [-0.2, 0) is 32.7 Å². The van der Waals surface area contributed by atoms with Gasteiger partial charge in [-0.3, -0.25) is 9.59 Å². The molecular weight excluding hydrogens is 449 g/mol. The summed E-state index contributed by atoms with van der Waals surface area (Å²) in [4.78, 5) is 27.7. The van der Waals surface area contributed by atoms with E-state index in [0.29, 0.717) is 17.9 Å². The average Bonchev–Trinajstić information content (AvgIpc) is 2.76. The first-order valence-electron chi connectivity index (χ1n) is 10.5. The zero-order valence-electron chi connectivity index (χ0n) is 18.9. The third kappa shape index (κ3) is 5.88. The monoisotopic (exact) mass is 477 g/mol. The summed E-state index contributed by atoms with van der Waals surface area (Å²) >= 11 is 0. The second kappa shape index (κ2) is 9.88. The van der Waals surface area contributed by atoms with Crippen LogP contribution in [0.4, 0.5) is 4.39 Å². The molecule has 10 heteroatoms. The standard InChI is InChI=1S/C23H28FN3O5S/c1-4-32-20-11-7-18(8-12-20)14-27-21(28)15-26(33(3,30)31)16-23(27,2)22(29)25-13-17-5-9-19(24)10-6-17/h5-12H,4,13-16H2,1-3H3,(H,25,29). The lowest BCUT2D eigenvalue weighted by molar-refractivity contribution is -0.153. The van der Waals surface area contributed by atoms with Gasteiger partial charge in [0.05, 0.1) is 19.4 Å². The largest absolute Gasteiger partial charge is 0.494 e. The van der Waals surface area contributed by atoms with Crippen LogP contribution in [0.15, 0.2) is 48.5 Å². The summed E-state index contributed by atoms with van der Waals surface area (Å²) in [5.74, 6) is -0.672. The van der Waals surface area contributed by atoms with Crippen molar-refractivity contribution >= 4 is 21.8 Å². The van der Waals surface area contributed by atoms with E-state index in [4.69, 9.17) is 4.74 Å². The van der Waals surface area contributed by atoms with E-state index >= 15 is 0 Å². The SMILES string of the molecule is CCOc1ccc(CN2C(=O)CN(S(C)(=O)=O)CC2(C)C(=O)NCc2ccc(F)cc2)cc1. The number of rotatable bonds is 8. The number of halogens is 1. The molecule has 0 spiro atoms. The first kappa shape index (κ1) is 24.7. The Labute approximate surface area is 193 Å². The first-order chi connectivity index (χ1) is 15.5. The molecule has 8 nitrogen and oxygen atoms in total. The molecule has 1 N–H and O–H groups in total. The molecule has 2 aromatic rings. The summed E-state index contributed by atoms with van der Waals surface area (Å²) in [5, 5.41) is 2.77. The maximum absolute atomic E-state index is 13.3. The maximum Gasteiger partial charge on any atom is 0.247 e. The minimum absolute atomic E-state index is 0.110. The summed E-state index contributed by atoms with van der Waals surface area (Å²) < 4.78 is 44.0. The molecule has 3 rings (SSSR count). The second-order valence-corrected chi connectivity index (χ2v) is 10.2. The quantitative estimate of drug-likeness (QED) is 0.627. The number of hydrogen-bond acceptors (Lipinski definition) is 5. The Balaban J connectivity index is 1.85. The van der Waals surface area contributed by atoms with Gasteiger partial charge < -0.3 is 15.0 Å². The van der Waals surface area contributed by atoms with Crippen LogP contribution in [0, 0.1) is 5.82 Å². The molecule has 1 aliphatic heterocycles. The number of sulfonamides is 1. The predicted molar refractivity (Wildman–Crippen MR) is 121 cm³/mol. The van der Waals surface area contributed by atoms with Crippen molar-refractivity contribution in [2.45, 2.75) is 32.5 Å². The number of benzene rings is 2. The van der Waals surface area contributed by atoms with E-state index in [1.807, 2.05) is 6.92 Å². The minimum Gasteiger partial charge on any atom is -0.494 e. The Morgan fingerprint density at radius 1 is 1.12 bits per heavy atom. The van der Waals surface area contributed by atoms with Crippen molar-refractivity contribution in [1.82, 2.24) is 14.5 Å². The Morgan fingerprint density at radius 2 is 1.73 bits per heavy atom. The van der Waals surface area contributed by atoms with Crippen LogP contribution >= 0.6 is 0 Å². The van der Waals surface area contributed by atoms with Crippen LogP contribution in [-0.4, -0.2) is 60.9 Å². The summed E-state index contributed by atoms with van der Waals surface area (Å²) in [6.07, 6.45) is 1.01. The molecule has 1 atom stereocenters. The van der Waals surface area contributed by atoms with E-state index < -0.39 is 27.4 Å². The van der Waals surface area contributed by atoms with Gasteiger partial charge in [0.2, 0.25) is 21.8 Å². The number of amides is 2.